The third kappa shape index (κ3) is 1.96. The average molecular weight is 270 g/mol. The SMILES string of the molecule is Cn1cnc(S(=O)(=O)N2CCC3CNCC3C2)c1. The Hall–Kier alpha value is -0.920. The summed E-state index contributed by atoms with van der Waals surface area (Å²) in [7, 11) is -1.63. The van der Waals surface area contributed by atoms with Gasteiger partial charge < -0.3 is 9.88 Å². The van der Waals surface area contributed by atoms with Crippen molar-refractivity contribution in [3.8, 4) is 0 Å². The molecule has 1 aromatic heterocycles. The molecule has 2 atom stereocenters. The van der Waals surface area contributed by atoms with Gasteiger partial charge in [-0.3, -0.25) is 0 Å². The van der Waals surface area contributed by atoms with Crippen molar-refractivity contribution in [1.82, 2.24) is 19.2 Å². The van der Waals surface area contributed by atoms with E-state index >= 15 is 0 Å². The molecule has 2 aliphatic heterocycles. The monoisotopic (exact) mass is 270 g/mol. The molecule has 1 aromatic rings. The van der Waals surface area contributed by atoms with E-state index in [4.69, 9.17) is 0 Å². The number of imidazole rings is 1. The fraction of sp³-hybridized carbons (Fsp3) is 0.727. The average Bonchev–Trinajstić information content (AvgIpc) is 2.96. The van der Waals surface area contributed by atoms with Crippen LogP contribution in [0.1, 0.15) is 6.42 Å². The van der Waals surface area contributed by atoms with Crippen LogP contribution in [0.3, 0.4) is 0 Å². The largest absolute Gasteiger partial charge is 0.339 e. The zero-order valence-electron chi connectivity index (χ0n) is 10.4. The van der Waals surface area contributed by atoms with Crippen LogP contribution in [0.4, 0.5) is 0 Å². The zero-order valence-corrected chi connectivity index (χ0v) is 11.2. The molecule has 2 aliphatic rings. The van der Waals surface area contributed by atoms with Crippen molar-refractivity contribution in [3.63, 3.8) is 0 Å². The van der Waals surface area contributed by atoms with Gasteiger partial charge in [0.2, 0.25) is 0 Å². The molecule has 0 spiro atoms. The molecule has 7 heteroatoms. The Morgan fingerprint density at radius 3 is 2.89 bits per heavy atom. The molecule has 0 amide bonds. The number of sulfonamides is 1. The summed E-state index contributed by atoms with van der Waals surface area (Å²) >= 11 is 0. The van der Waals surface area contributed by atoms with Crippen LogP contribution in [0.25, 0.3) is 0 Å². The fourth-order valence-electron chi connectivity index (χ4n) is 2.87. The number of rotatable bonds is 2. The Kier molecular flexibility index (Phi) is 2.91. The van der Waals surface area contributed by atoms with Gasteiger partial charge in [0.05, 0.1) is 6.33 Å². The van der Waals surface area contributed by atoms with Crippen LogP contribution >= 0.6 is 0 Å². The lowest BCUT2D eigenvalue weighted by molar-refractivity contribution is 0.227. The van der Waals surface area contributed by atoms with Crippen molar-refractivity contribution < 1.29 is 8.42 Å². The number of nitrogens with one attached hydrogen (secondary N) is 1. The minimum Gasteiger partial charge on any atom is -0.339 e. The number of aryl methyl sites for hydroxylation is 1. The van der Waals surface area contributed by atoms with E-state index < -0.39 is 10.0 Å². The maximum atomic E-state index is 12.4. The predicted octanol–water partition coefficient (Wildman–Crippen LogP) is -0.350. The Morgan fingerprint density at radius 1 is 1.39 bits per heavy atom. The van der Waals surface area contributed by atoms with Gasteiger partial charge in [-0.15, -0.1) is 0 Å². The van der Waals surface area contributed by atoms with Crippen LogP contribution < -0.4 is 5.32 Å². The molecule has 2 unspecified atom stereocenters. The number of aromatic nitrogens is 2. The second-order valence-electron chi connectivity index (χ2n) is 5.21. The Morgan fingerprint density at radius 2 is 2.17 bits per heavy atom. The third-order valence-electron chi connectivity index (χ3n) is 3.95. The van der Waals surface area contributed by atoms with E-state index in [-0.39, 0.29) is 5.03 Å². The minimum atomic E-state index is -3.41. The van der Waals surface area contributed by atoms with Crippen molar-refractivity contribution in [2.24, 2.45) is 18.9 Å². The van der Waals surface area contributed by atoms with Crippen LogP contribution in [0.5, 0.6) is 0 Å². The number of fused-ring (bicyclic) bond motifs is 1. The van der Waals surface area contributed by atoms with Gasteiger partial charge in [0.1, 0.15) is 0 Å². The van der Waals surface area contributed by atoms with Crippen LogP contribution in [-0.2, 0) is 17.1 Å². The fourth-order valence-corrected chi connectivity index (χ4v) is 4.35. The highest BCUT2D eigenvalue weighted by molar-refractivity contribution is 7.89. The topological polar surface area (TPSA) is 67.2 Å². The predicted molar refractivity (Wildman–Crippen MR) is 66.4 cm³/mol. The highest BCUT2D eigenvalue weighted by Crippen LogP contribution is 2.29. The summed E-state index contributed by atoms with van der Waals surface area (Å²) < 4.78 is 28.1. The van der Waals surface area contributed by atoms with Gasteiger partial charge in [-0.1, -0.05) is 0 Å². The van der Waals surface area contributed by atoms with E-state index in [0.29, 0.717) is 24.9 Å². The molecule has 6 nitrogen and oxygen atoms in total. The van der Waals surface area contributed by atoms with Crippen molar-refractivity contribution >= 4 is 10.0 Å². The van der Waals surface area contributed by atoms with Gasteiger partial charge in [0.25, 0.3) is 10.0 Å². The smallest absolute Gasteiger partial charge is 0.262 e. The normalized spacial score (nSPS) is 29.4. The second kappa shape index (κ2) is 4.32. The lowest BCUT2D eigenvalue weighted by atomic mass is 9.90. The zero-order chi connectivity index (χ0) is 12.8. The first-order chi connectivity index (χ1) is 8.57. The Labute approximate surface area is 107 Å². The van der Waals surface area contributed by atoms with Gasteiger partial charge in [0.15, 0.2) is 5.03 Å². The van der Waals surface area contributed by atoms with Crippen molar-refractivity contribution in [1.29, 1.82) is 0 Å². The summed E-state index contributed by atoms with van der Waals surface area (Å²) in [5.74, 6) is 1.09. The van der Waals surface area contributed by atoms with Crippen LogP contribution in [0.15, 0.2) is 17.6 Å². The lowest BCUT2D eigenvalue weighted by Gasteiger charge is -2.32. The summed E-state index contributed by atoms with van der Waals surface area (Å²) in [6.07, 6.45) is 4.04. The molecule has 100 valence electrons. The quantitative estimate of drug-likeness (QED) is 0.797. The van der Waals surface area contributed by atoms with E-state index in [2.05, 4.69) is 10.3 Å². The Bertz CT molecular complexity index is 539. The first kappa shape index (κ1) is 12.1. The molecule has 0 aromatic carbocycles. The molecular formula is C11H18N4O2S. The number of piperidine rings is 1. The first-order valence-corrected chi connectivity index (χ1v) is 7.70. The molecular weight excluding hydrogens is 252 g/mol. The minimum absolute atomic E-state index is 0.161. The maximum absolute atomic E-state index is 12.4. The molecule has 18 heavy (non-hydrogen) atoms. The van der Waals surface area contributed by atoms with E-state index in [1.54, 1.807) is 22.1 Å². The molecule has 1 N–H and O–H groups in total. The molecule has 3 rings (SSSR count). The van der Waals surface area contributed by atoms with Crippen LogP contribution in [0.2, 0.25) is 0 Å². The highest BCUT2D eigenvalue weighted by Gasteiger charge is 2.38. The Balaban J connectivity index is 1.82. The molecule has 3 heterocycles. The molecule has 0 aliphatic carbocycles. The van der Waals surface area contributed by atoms with E-state index in [9.17, 15) is 8.42 Å². The van der Waals surface area contributed by atoms with Gasteiger partial charge >= 0.3 is 0 Å². The summed E-state index contributed by atoms with van der Waals surface area (Å²) in [6, 6.07) is 0. The number of hydrogen-bond donors (Lipinski definition) is 1. The van der Waals surface area contributed by atoms with Gasteiger partial charge in [-0.05, 0) is 31.3 Å². The van der Waals surface area contributed by atoms with Crippen molar-refractivity contribution in [2.45, 2.75) is 11.4 Å². The van der Waals surface area contributed by atoms with Gasteiger partial charge in [-0.25, -0.2) is 13.4 Å². The van der Waals surface area contributed by atoms with Crippen molar-refractivity contribution in [2.75, 3.05) is 26.2 Å². The van der Waals surface area contributed by atoms with Crippen LogP contribution in [0, 0.1) is 11.8 Å². The number of hydrogen-bond acceptors (Lipinski definition) is 4. The summed E-state index contributed by atoms with van der Waals surface area (Å²) in [6.45, 7) is 3.19. The highest BCUT2D eigenvalue weighted by atomic mass is 32.2. The molecule has 2 fully saturated rings. The van der Waals surface area contributed by atoms with E-state index in [0.717, 1.165) is 19.5 Å². The maximum Gasteiger partial charge on any atom is 0.262 e. The number of nitrogens with zero attached hydrogens (tertiary/aromatic N) is 3. The molecule has 0 radical (unpaired) electrons. The van der Waals surface area contributed by atoms with Gasteiger partial charge in [-0.2, -0.15) is 4.31 Å². The summed E-state index contributed by atoms with van der Waals surface area (Å²) in [5, 5.41) is 3.50. The third-order valence-corrected chi connectivity index (χ3v) is 5.70. The van der Waals surface area contributed by atoms with Crippen molar-refractivity contribution in [3.05, 3.63) is 12.5 Å². The second-order valence-corrected chi connectivity index (χ2v) is 7.09. The lowest BCUT2D eigenvalue weighted by Crippen LogP contribution is -2.43. The molecule has 2 saturated heterocycles. The van der Waals surface area contributed by atoms with Crippen LogP contribution in [-0.4, -0.2) is 48.5 Å². The van der Waals surface area contributed by atoms with Gasteiger partial charge in [0, 0.05) is 26.3 Å². The summed E-state index contributed by atoms with van der Waals surface area (Å²) in [5.41, 5.74) is 0. The standard InChI is InChI=1S/C11H18N4O2S/c1-14-7-11(13-8-14)18(16,17)15-3-2-9-4-12-5-10(9)6-15/h7-10,12H,2-6H2,1H3. The summed E-state index contributed by atoms with van der Waals surface area (Å²) in [4.78, 5) is 3.97. The van der Waals surface area contributed by atoms with E-state index in [1.165, 1.54) is 6.33 Å². The molecule has 0 saturated carbocycles. The molecule has 0 bridgehead atoms. The first-order valence-electron chi connectivity index (χ1n) is 6.26. The van der Waals surface area contributed by atoms with E-state index in [1.807, 2.05) is 0 Å².